The van der Waals surface area contributed by atoms with Gasteiger partial charge in [0.1, 0.15) is 0 Å². The van der Waals surface area contributed by atoms with Gasteiger partial charge in [0.15, 0.2) is 0 Å². The lowest BCUT2D eigenvalue weighted by Crippen LogP contribution is -2.47. The topological polar surface area (TPSA) is 49.9 Å². The Labute approximate surface area is 162 Å². The second kappa shape index (κ2) is 9.36. The van der Waals surface area contributed by atoms with E-state index in [4.69, 9.17) is 4.74 Å². The number of rotatable bonds is 5. The third kappa shape index (κ3) is 5.32. The number of morpholine rings is 1. The molecule has 0 aromatic heterocycles. The molecule has 2 heterocycles. The predicted octanol–water partition coefficient (Wildman–Crippen LogP) is 2.72. The molecule has 0 atom stereocenters. The average molecular weight is 373 g/mol. The Bertz CT molecular complexity index is 660. The van der Waals surface area contributed by atoms with Crippen molar-refractivity contribution in [1.29, 1.82) is 0 Å². The minimum Gasteiger partial charge on any atom is -0.378 e. The quantitative estimate of drug-likeness (QED) is 0.799. The number of nitrogens with zero attached hydrogens (tertiary/aromatic N) is 2. The van der Waals surface area contributed by atoms with Gasteiger partial charge in [-0.05, 0) is 56.2 Å². The van der Waals surface area contributed by atoms with Crippen LogP contribution in [0.25, 0.3) is 0 Å². The number of amides is 2. The summed E-state index contributed by atoms with van der Waals surface area (Å²) in [6.45, 7) is 8.37. The molecule has 5 nitrogen and oxygen atoms in total. The predicted molar refractivity (Wildman–Crippen MR) is 106 cm³/mol. The fourth-order valence-electron chi connectivity index (χ4n) is 3.98. The summed E-state index contributed by atoms with van der Waals surface area (Å²) >= 11 is 0. The molecule has 2 saturated heterocycles. The van der Waals surface area contributed by atoms with Crippen LogP contribution in [-0.2, 0) is 20.7 Å². The molecule has 27 heavy (non-hydrogen) atoms. The molecule has 0 saturated carbocycles. The number of ether oxygens (including phenoxy) is 1. The summed E-state index contributed by atoms with van der Waals surface area (Å²) in [6, 6.07) is 6.54. The zero-order chi connectivity index (χ0) is 19.2. The van der Waals surface area contributed by atoms with Gasteiger partial charge in [0.05, 0.1) is 13.2 Å². The van der Waals surface area contributed by atoms with E-state index in [1.165, 1.54) is 16.7 Å². The minimum atomic E-state index is 0.0719. The summed E-state index contributed by atoms with van der Waals surface area (Å²) < 4.78 is 5.32. The van der Waals surface area contributed by atoms with Crippen LogP contribution in [0.2, 0.25) is 0 Å². The smallest absolute Gasteiger partial charge is 0.225 e. The van der Waals surface area contributed by atoms with E-state index in [-0.39, 0.29) is 17.7 Å². The summed E-state index contributed by atoms with van der Waals surface area (Å²) in [5.41, 5.74) is 3.93. The van der Waals surface area contributed by atoms with Crippen LogP contribution in [0.1, 0.15) is 42.4 Å². The minimum absolute atomic E-state index is 0.0719. The van der Waals surface area contributed by atoms with E-state index in [0.29, 0.717) is 45.8 Å². The fourth-order valence-corrected chi connectivity index (χ4v) is 3.98. The molecule has 0 spiro atoms. The summed E-state index contributed by atoms with van der Waals surface area (Å²) in [7, 11) is 0. The Morgan fingerprint density at radius 3 is 2.37 bits per heavy atom. The number of benzene rings is 1. The van der Waals surface area contributed by atoms with Crippen molar-refractivity contribution in [2.24, 2.45) is 5.92 Å². The second-order valence-electron chi connectivity index (χ2n) is 7.86. The number of piperidine rings is 1. The van der Waals surface area contributed by atoms with E-state index in [2.05, 4.69) is 32.0 Å². The van der Waals surface area contributed by atoms with Gasteiger partial charge in [-0.2, -0.15) is 0 Å². The van der Waals surface area contributed by atoms with Crippen molar-refractivity contribution in [3.05, 3.63) is 34.9 Å². The molecular weight excluding hydrogens is 340 g/mol. The van der Waals surface area contributed by atoms with Gasteiger partial charge in [0.2, 0.25) is 11.8 Å². The van der Waals surface area contributed by atoms with Crippen LogP contribution in [-0.4, -0.2) is 61.0 Å². The van der Waals surface area contributed by atoms with Gasteiger partial charge in [-0.1, -0.05) is 18.2 Å². The third-order valence-electron chi connectivity index (χ3n) is 5.95. The van der Waals surface area contributed by atoms with Crippen molar-refractivity contribution >= 4 is 11.8 Å². The zero-order valence-corrected chi connectivity index (χ0v) is 16.7. The summed E-state index contributed by atoms with van der Waals surface area (Å²) in [5.74, 6) is 0.555. The lowest BCUT2D eigenvalue weighted by Gasteiger charge is -2.35. The normalized spacial score (nSPS) is 18.6. The fraction of sp³-hybridized carbons (Fsp3) is 0.636. The Hall–Kier alpha value is -1.88. The molecule has 2 aliphatic rings. The Balaban J connectivity index is 1.39. The van der Waals surface area contributed by atoms with Crippen LogP contribution in [0.3, 0.4) is 0 Å². The average Bonchev–Trinajstić information content (AvgIpc) is 2.71. The van der Waals surface area contributed by atoms with E-state index in [1.807, 2.05) is 9.80 Å². The largest absolute Gasteiger partial charge is 0.378 e. The first kappa shape index (κ1) is 19.9. The van der Waals surface area contributed by atoms with Crippen molar-refractivity contribution in [1.82, 2.24) is 9.80 Å². The Morgan fingerprint density at radius 1 is 1.00 bits per heavy atom. The van der Waals surface area contributed by atoms with Crippen LogP contribution in [0, 0.1) is 19.8 Å². The summed E-state index contributed by atoms with van der Waals surface area (Å²) in [4.78, 5) is 29.0. The SMILES string of the molecule is Cc1ccc(CCCC(=O)N2CCC(C(=O)N3CCOCC3)CC2)cc1C. The first-order valence-electron chi connectivity index (χ1n) is 10.2. The van der Waals surface area contributed by atoms with Gasteiger partial charge < -0.3 is 14.5 Å². The molecule has 2 aliphatic heterocycles. The lowest BCUT2D eigenvalue weighted by molar-refractivity contribution is -0.143. The molecule has 0 aliphatic carbocycles. The van der Waals surface area contributed by atoms with Crippen molar-refractivity contribution in [3.8, 4) is 0 Å². The van der Waals surface area contributed by atoms with Gasteiger partial charge in [-0.3, -0.25) is 9.59 Å². The van der Waals surface area contributed by atoms with Gasteiger partial charge in [-0.15, -0.1) is 0 Å². The molecular formula is C22H32N2O3. The molecule has 1 aromatic carbocycles. The highest BCUT2D eigenvalue weighted by atomic mass is 16.5. The second-order valence-corrected chi connectivity index (χ2v) is 7.86. The van der Waals surface area contributed by atoms with Gasteiger partial charge in [-0.25, -0.2) is 0 Å². The van der Waals surface area contributed by atoms with Crippen LogP contribution in [0.15, 0.2) is 18.2 Å². The first-order valence-corrected chi connectivity index (χ1v) is 10.2. The van der Waals surface area contributed by atoms with Crippen LogP contribution < -0.4 is 0 Å². The Kier molecular flexibility index (Phi) is 6.89. The number of carbonyl (C=O) groups excluding carboxylic acids is 2. The van der Waals surface area contributed by atoms with E-state index < -0.39 is 0 Å². The molecule has 1 aromatic rings. The van der Waals surface area contributed by atoms with E-state index in [9.17, 15) is 9.59 Å². The van der Waals surface area contributed by atoms with Gasteiger partial charge >= 0.3 is 0 Å². The standard InChI is InChI=1S/C22H32N2O3/c1-17-6-7-19(16-18(17)2)4-3-5-21(25)23-10-8-20(9-11-23)22(26)24-12-14-27-15-13-24/h6-7,16,20H,3-5,8-15H2,1-2H3. The monoisotopic (exact) mass is 372 g/mol. The zero-order valence-electron chi connectivity index (χ0n) is 16.7. The van der Waals surface area contributed by atoms with Crippen molar-refractivity contribution in [3.63, 3.8) is 0 Å². The number of aryl methyl sites for hydroxylation is 3. The number of likely N-dealkylation sites (tertiary alicyclic amines) is 1. The maximum atomic E-state index is 12.6. The molecule has 0 radical (unpaired) electrons. The van der Waals surface area contributed by atoms with E-state index in [1.54, 1.807) is 0 Å². The maximum absolute atomic E-state index is 12.6. The summed E-state index contributed by atoms with van der Waals surface area (Å²) in [5, 5.41) is 0. The molecule has 148 valence electrons. The third-order valence-corrected chi connectivity index (χ3v) is 5.95. The van der Waals surface area contributed by atoms with Crippen LogP contribution in [0.5, 0.6) is 0 Å². The van der Waals surface area contributed by atoms with Crippen LogP contribution >= 0.6 is 0 Å². The highest BCUT2D eigenvalue weighted by Crippen LogP contribution is 2.21. The summed E-state index contributed by atoms with van der Waals surface area (Å²) in [6.07, 6.45) is 4.00. The highest BCUT2D eigenvalue weighted by Gasteiger charge is 2.30. The number of hydrogen-bond donors (Lipinski definition) is 0. The van der Waals surface area contributed by atoms with Crippen molar-refractivity contribution in [2.45, 2.75) is 46.0 Å². The van der Waals surface area contributed by atoms with Gasteiger partial charge in [0, 0.05) is 38.5 Å². The molecule has 5 heteroatoms. The Morgan fingerprint density at radius 2 is 1.70 bits per heavy atom. The van der Waals surface area contributed by atoms with Gasteiger partial charge in [0.25, 0.3) is 0 Å². The maximum Gasteiger partial charge on any atom is 0.225 e. The molecule has 2 amide bonds. The molecule has 0 bridgehead atoms. The molecule has 3 rings (SSSR count). The molecule has 0 N–H and O–H groups in total. The van der Waals surface area contributed by atoms with E-state index in [0.717, 1.165) is 25.7 Å². The molecule has 0 unspecified atom stereocenters. The number of hydrogen-bond acceptors (Lipinski definition) is 3. The van der Waals surface area contributed by atoms with Crippen molar-refractivity contribution < 1.29 is 14.3 Å². The van der Waals surface area contributed by atoms with Crippen LogP contribution in [0.4, 0.5) is 0 Å². The van der Waals surface area contributed by atoms with E-state index >= 15 is 0 Å². The highest BCUT2D eigenvalue weighted by molar-refractivity contribution is 5.80. The lowest BCUT2D eigenvalue weighted by atomic mass is 9.94. The van der Waals surface area contributed by atoms with Crippen molar-refractivity contribution in [2.75, 3.05) is 39.4 Å². The first-order chi connectivity index (χ1) is 13.0. The number of carbonyl (C=O) groups is 2. The molecule has 2 fully saturated rings.